The second-order valence-corrected chi connectivity index (χ2v) is 5.00. The first-order valence-electron chi connectivity index (χ1n) is 5.45. The van der Waals surface area contributed by atoms with Crippen LogP contribution in [0.3, 0.4) is 0 Å². The fourth-order valence-electron chi connectivity index (χ4n) is 1.26. The molecule has 0 aliphatic heterocycles. The quantitative estimate of drug-likeness (QED) is 0.774. The Bertz CT molecular complexity index is 377. The summed E-state index contributed by atoms with van der Waals surface area (Å²) >= 11 is 1.19. The van der Waals surface area contributed by atoms with Gasteiger partial charge < -0.3 is 10.4 Å². The van der Waals surface area contributed by atoms with Gasteiger partial charge in [-0.2, -0.15) is 0 Å². The van der Waals surface area contributed by atoms with Gasteiger partial charge in [0.05, 0.1) is 0 Å². The molecule has 0 bridgehead atoms. The Morgan fingerprint density at radius 1 is 1.47 bits per heavy atom. The van der Waals surface area contributed by atoms with Crippen molar-refractivity contribution >= 4 is 17.6 Å². The maximum Gasteiger partial charge on any atom is 0.168 e. The molecule has 3 nitrogen and oxygen atoms in total. The minimum Gasteiger partial charge on any atom is -0.396 e. The van der Waals surface area contributed by atoms with Gasteiger partial charge in [0.25, 0.3) is 0 Å². The van der Waals surface area contributed by atoms with Gasteiger partial charge in [0, 0.05) is 24.5 Å². The van der Waals surface area contributed by atoms with Gasteiger partial charge in [-0.3, -0.25) is 0 Å². The molecule has 2 N–H and O–H groups in total. The summed E-state index contributed by atoms with van der Waals surface area (Å²) in [6, 6.07) is 0.832. The zero-order valence-electron chi connectivity index (χ0n) is 9.83. The van der Waals surface area contributed by atoms with Crippen LogP contribution < -0.4 is 5.32 Å². The summed E-state index contributed by atoms with van der Waals surface area (Å²) in [7, 11) is 0. The lowest BCUT2D eigenvalue weighted by Crippen LogP contribution is -2.06. The van der Waals surface area contributed by atoms with Crippen LogP contribution in [0.2, 0.25) is 0 Å². The number of halogens is 2. The molecule has 0 fully saturated rings. The molecule has 1 rings (SSSR count). The third-order valence-corrected chi connectivity index (χ3v) is 3.24. The number of rotatable bonds is 6. The minimum atomic E-state index is -0.691. The lowest BCUT2D eigenvalue weighted by molar-refractivity contribution is 0.289. The van der Waals surface area contributed by atoms with E-state index in [1.54, 1.807) is 0 Å². The zero-order chi connectivity index (χ0) is 12.8. The standard InChI is InChI=1S/C11H16F2N2OS/c1-3-14-10-8(12)6-9(13)11(15-10)17-7(2)4-5-16/h6-7,16H,3-5H2,1-2H3,(H,14,15). The Balaban J connectivity index is 2.87. The number of pyridine rings is 1. The molecule has 0 radical (unpaired) electrons. The average molecular weight is 262 g/mol. The summed E-state index contributed by atoms with van der Waals surface area (Å²) in [5, 5.41) is 11.7. The van der Waals surface area contributed by atoms with Gasteiger partial charge in [0.15, 0.2) is 17.5 Å². The van der Waals surface area contributed by atoms with Crippen molar-refractivity contribution in [2.75, 3.05) is 18.5 Å². The number of thioether (sulfide) groups is 1. The second kappa shape index (κ2) is 6.76. The molecule has 0 spiro atoms. The first kappa shape index (κ1) is 14.2. The van der Waals surface area contributed by atoms with Gasteiger partial charge in [-0.25, -0.2) is 13.8 Å². The van der Waals surface area contributed by atoms with E-state index in [0.29, 0.717) is 13.0 Å². The minimum absolute atomic E-state index is 0.0296. The molecule has 6 heteroatoms. The molecular formula is C11H16F2N2OS. The maximum atomic E-state index is 13.5. The molecule has 1 atom stereocenters. The van der Waals surface area contributed by atoms with Crippen molar-refractivity contribution < 1.29 is 13.9 Å². The van der Waals surface area contributed by atoms with Crippen LogP contribution >= 0.6 is 11.8 Å². The number of hydrogen-bond acceptors (Lipinski definition) is 4. The summed E-state index contributed by atoms with van der Waals surface area (Å²) in [5.41, 5.74) is 0. The molecule has 0 aliphatic rings. The van der Waals surface area contributed by atoms with Gasteiger partial charge in [-0.15, -0.1) is 11.8 Å². The summed E-state index contributed by atoms with van der Waals surface area (Å²) < 4.78 is 26.7. The van der Waals surface area contributed by atoms with Crippen molar-refractivity contribution in [2.24, 2.45) is 0 Å². The number of nitrogens with one attached hydrogen (secondary N) is 1. The first-order valence-corrected chi connectivity index (χ1v) is 6.33. The van der Waals surface area contributed by atoms with E-state index < -0.39 is 11.6 Å². The highest BCUT2D eigenvalue weighted by atomic mass is 32.2. The topological polar surface area (TPSA) is 45.2 Å². The zero-order valence-corrected chi connectivity index (χ0v) is 10.7. The van der Waals surface area contributed by atoms with Crippen molar-refractivity contribution in [1.29, 1.82) is 0 Å². The van der Waals surface area contributed by atoms with E-state index in [2.05, 4.69) is 10.3 Å². The third kappa shape index (κ3) is 4.12. The van der Waals surface area contributed by atoms with Gasteiger partial charge in [0.1, 0.15) is 5.03 Å². The van der Waals surface area contributed by atoms with Crippen LogP contribution in [0.1, 0.15) is 20.3 Å². The van der Waals surface area contributed by atoms with E-state index in [0.717, 1.165) is 6.07 Å². The summed E-state index contributed by atoms with van der Waals surface area (Å²) in [6.45, 7) is 4.23. The van der Waals surface area contributed by atoms with E-state index >= 15 is 0 Å². The number of aromatic nitrogens is 1. The summed E-state index contributed by atoms with van der Waals surface area (Å²) in [5.74, 6) is -1.30. The van der Waals surface area contributed by atoms with E-state index in [1.807, 2.05) is 13.8 Å². The molecular weight excluding hydrogens is 246 g/mol. The van der Waals surface area contributed by atoms with Crippen molar-refractivity contribution in [1.82, 2.24) is 4.98 Å². The largest absolute Gasteiger partial charge is 0.396 e. The average Bonchev–Trinajstić information content (AvgIpc) is 2.25. The lowest BCUT2D eigenvalue weighted by Gasteiger charge is -2.11. The van der Waals surface area contributed by atoms with Gasteiger partial charge in [0.2, 0.25) is 0 Å². The van der Waals surface area contributed by atoms with Crippen molar-refractivity contribution in [2.45, 2.75) is 30.5 Å². The number of nitrogens with zero attached hydrogens (tertiary/aromatic N) is 1. The van der Waals surface area contributed by atoms with Gasteiger partial charge >= 0.3 is 0 Å². The van der Waals surface area contributed by atoms with Crippen LogP contribution in [-0.2, 0) is 0 Å². The van der Waals surface area contributed by atoms with E-state index in [-0.39, 0.29) is 22.7 Å². The molecule has 17 heavy (non-hydrogen) atoms. The van der Waals surface area contributed by atoms with Crippen molar-refractivity contribution in [3.8, 4) is 0 Å². The number of hydrogen-bond donors (Lipinski definition) is 2. The third-order valence-electron chi connectivity index (χ3n) is 2.09. The number of aliphatic hydroxyl groups is 1. The molecule has 0 aromatic carbocycles. The van der Waals surface area contributed by atoms with Gasteiger partial charge in [-0.05, 0) is 13.3 Å². The Morgan fingerprint density at radius 3 is 2.76 bits per heavy atom. The molecule has 0 saturated carbocycles. The van der Waals surface area contributed by atoms with Crippen LogP contribution in [0.4, 0.5) is 14.6 Å². The van der Waals surface area contributed by atoms with Crippen molar-refractivity contribution in [3.63, 3.8) is 0 Å². The van der Waals surface area contributed by atoms with Crippen LogP contribution in [-0.4, -0.2) is 28.5 Å². The Hall–Kier alpha value is -0.880. The number of anilines is 1. The van der Waals surface area contributed by atoms with Crippen LogP contribution in [0.5, 0.6) is 0 Å². The van der Waals surface area contributed by atoms with Crippen molar-refractivity contribution in [3.05, 3.63) is 17.7 Å². The lowest BCUT2D eigenvalue weighted by atomic mass is 10.3. The van der Waals surface area contributed by atoms with Gasteiger partial charge in [-0.1, -0.05) is 6.92 Å². The molecule has 0 amide bonds. The van der Waals surface area contributed by atoms with Crippen LogP contribution in [0.15, 0.2) is 11.1 Å². The normalized spacial score (nSPS) is 12.5. The van der Waals surface area contributed by atoms with E-state index in [1.165, 1.54) is 11.8 Å². The molecule has 0 aliphatic carbocycles. The molecule has 1 aromatic rings. The fourth-order valence-corrected chi connectivity index (χ4v) is 2.17. The maximum absolute atomic E-state index is 13.5. The predicted octanol–water partition coefficient (Wildman–Crippen LogP) is 2.65. The Labute approximate surface area is 104 Å². The predicted molar refractivity (Wildman–Crippen MR) is 65.3 cm³/mol. The highest BCUT2D eigenvalue weighted by Crippen LogP contribution is 2.28. The summed E-state index contributed by atoms with van der Waals surface area (Å²) in [6.07, 6.45) is 0.541. The molecule has 96 valence electrons. The summed E-state index contributed by atoms with van der Waals surface area (Å²) in [4.78, 5) is 3.90. The molecule has 1 aromatic heterocycles. The molecule has 1 unspecified atom stereocenters. The number of aliphatic hydroxyl groups excluding tert-OH is 1. The van der Waals surface area contributed by atoms with E-state index in [4.69, 9.17) is 5.11 Å². The fraction of sp³-hybridized carbons (Fsp3) is 0.545. The molecule has 0 saturated heterocycles. The Kier molecular flexibility index (Phi) is 5.64. The van der Waals surface area contributed by atoms with Crippen LogP contribution in [0, 0.1) is 11.6 Å². The monoisotopic (exact) mass is 262 g/mol. The highest BCUT2D eigenvalue weighted by molar-refractivity contribution is 7.99. The molecule has 1 heterocycles. The highest BCUT2D eigenvalue weighted by Gasteiger charge is 2.14. The van der Waals surface area contributed by atoms with Crippen LogP contribution in [0.25, 0.3) is 0 Å². The SMILES string of the molecule is CCNc1nc(SC(C)CCO)c(F)cc1F. The second-order valence-electron chi connectivity index (χ2n) is 3.58. The Morgan fingerprint density at radius 2 is 2.18 bits per heavy atom. The smallest absolute Gasteiger partial charge is 0.168 e. The van der Waals surface area contributed by atoms with E-state index in [9.17, 15) is 8.78 Å². The first-order chi connectivity index (χ1) is 8.08.